The maximum absolute atomic E-state index is 13.5. The van der Waals surface area contributed by atoms with E-state index in [1.165, 1.54) is 4.68 Å². The summed E-state index contributed by atoms with van der Waals surface area (Å²) in [4.78, 5) is 38.8. The number of rotatable bonds is 7. The number of carbonyl (C=O) groups excluding carboxylic acids is 2. The number of nitrogens with one attached hydrogen (secondary N) is 1. The molecular formula is C26H27N5O4. The minimum absolute atomic E-state index is 0.254. The molecule has 0 aliphatic heterocycles. The first kappa shape index (κ1) is 23.9. The van der Waals surface area contributed by atoms with E-state index in [2.05, 4.69) is 15.5 Å². The predicted octanol–water partition coefficient (Wildman–Crippen LogP) is 3.97. The first-order valence-corrected chi connectivity index (χ1v) is 11.5. The van der Waals surface area contributed by atoms with Crippen LogP contribution in [0.5, 0.6) is 0 Å². The number of hydrogen-bond donors (Lipinski definition) is 1. The summed E-state index contributed by atoms with van der Waals surface area (Å²) in [5.41, 5.74) is 2.93. The Kier molecular flexibility index (Phi) is 6.77. The lowest BCUT2D eigenvalue weighted by molar-refractivity contribution is -0.119. The highest BCUT2D eigenvalue weighted by Crippen LogP contribution is 2.22. The molecule has 9 heteroatoms. The molecule has 1 amide bonds. The molecule has 2 heterocycles. The van der Waals surface area contributed by atoms with Crippen molar-refractivity contribution in [1.29, 1.82) is 0 Å². The van der Waals surface area contributed by atoms with Crippen LogP contribution in [0.15, 0.2) is 59.4 Å². The minimum Gasteiger partial charge on any atom is -0.462 e. The van der Waals surface area contributed by atoms with Crippen molar-refractivity contribution in [1.82, 2.24) is 19.6 Å². The third-order valence-electron chi connectivity index (χ3n) is 5.77. The number of aryl methyl sites for hydroxylation is 2. The van der Waals surface area contributed by atoms with Crippen LogP contribution in [0, 0.1) is 13.8 Å². The molecule has 35 heavy (non-hydrogen) atoms. The van der Waals surface area contributed by atoms with Gasteiger partial charge in [0, 0.05) is 5.69 Å². The van der Waals surface area contributed by atoms with Crippen molar-refractivity contribution in [3.05, 3.63) is 81.9 Å². The predicted molar refractivity (Wildman–Crippen MR) is 133 cm³/mol. The Morgan fingerprint density at radius 1 is 1.03 bits per heavy atom. The van der Waals surface area contributed by atoms with E-state index >= 15 is 0 Å². The molecule has 0 bridgehead atoms. The van der Waals surface area contributed by atoms with E-state index in [4.69, 9.17) is 4.74 Å². The smallest absolute Gasteiger partial charge is 0.338 e. The van der Waals surface area contributed by atoms with Crippen LogP contribution in [0.2, 0.25) is 0 Å². The SMILES string of the molecule is CCOC(=O)c1cccc(NC(=O)[C@@H](CC)n2nc(C)c3nn(-c4ccccc4)c(C)c3c2=O)c1. The van der Waals surface area contributed by atoms with Gasteiger partial charge in [-0.05, 0) is 57.5 Å². The first-order chi connectivity index (χ1) is 16.8. The molecule has 0 aliphatic rings. The second-order valence-electron chi connectivity index (χ2n) is 8.11. The number of amides is 1. The molecule has 1 N–H and O–H groups in total. The number of nitrogens with zero attached hydrogens (tertiary/aromatic N) is 4. The van der Waals surface area contributed by atoms with Gasteiger partial charge < -0.3 is 10.1 Å². The van der Waals surface area contributed by atoms with Crippen LogP contribution in [0.1, 0.15) is 48.1 Å². The van der Waals surface area contributed by atoms with Crippen molar-refractivity contribution < 1.29 is 14.3 Å². The summed E-state index contributed by atoms with van der Waals surface area (Å²) in [5, 5.41) is 12.3. The van der Waals surface area contributed by atoms with Gasteiger partial charge in [0.1, 0.15) is 11.6 Å². The Morgan fingerprint density at radius 2 is 1.77 bits per heavy atom. The van der Waals surface area contributed by atoms with Crippen molar-refractivity contribution in [2.24, 2.45) is 0 Å². The number of aromatic nitrogens is 4. The van der Waals surface area contributed by atoms with Crippen molar-refractivity contribution in [2.75, 3.05) is 11.9 Å². The molecule has 2 aromatic carbocycles. The number of esters is 1. The van der Waals surface area contributed by atoms with Gasteiger partial charge in [-0.15, -0.1) is 0 Å². The first-order valence-electron chi connectivity index (χ1n) is 11.5. The minimum atomic E-state index is -0.851. The van der Waals surface area contributed by atoms with Crippen molar-refractivity contribution in [3.8, 4) is 5.69 Å². The zero-order valence-corrected chi connectivity index (χ0v) is 20.1. The lowest BCUT2D eigenvalue weighted by Crippen LogP contribution is -2.35. The second-order valence-corrected chi connectivity index (χ2v) is 8.11. The van der Waals surface area contributed by atoms with Gasteiger partial charge in [0.25, 0.3) is 5.56 Å². The standard InChI is InChI=1S/C26H27N5O4/c1-5-21(24(32)27-19-12-10-11-18(15-19)26(34)35-6-2)31-25(33)22-17(4)30(20-13-8-7-9-14-20)29-23(22)16(3)28-31/h7-15,21H,5-6H2,1-4H3,(H,27,32)/t21-/m1/s1. The zero-order valence-electron chi connectivity index (χ0n) is 20.1. The number of hydrogen-bond acceptors (Lipinski definition) is 6. The normalized spacial score (nSPS) is 11.9. The highest BCUT2D eigenvalue weighted by molar-refractivity contribution is 5.96. The van der Waals surface area contributed by atoms with Crippen LogP contribution in [-0.4, -0.2) is 38.0 Å². The van der Waals surface area contributed by atoms with E-state index in [0.717, 1.165) is 5.69 Å². The summed E-state index contributed by atoms with van der Waals surface area (Å²) in [6.07, 6.45) is 0.340. The van der Waals surface area contributed by atoms with E-state index in [1.54, 1.807) is 42.8 Å². The second kappa shape index (κ2) is 9.92. The van der Waals surface area contributed by atoms with Gasteiger partial charge in [-0.2, -0.15) is 10.2 Å². The van der Waals surface area contributed by atoms with Crippen molar-refractivity contribution in [3.63, 3.8) is 0 Å². The van der Waals surface area contributed by atoms with E-state index in [1.807, 2.05) is 44.2 Å². The van der Waals surface area contributed by atoms with Gasteiger partial charge in [-0.1, -0.05) is 31.2 Å². The number of anilines is 1. The number of carbonyl (C=O) groups is 2. The van der Waals surface area contributed by atoms with Crippen LogP contribution in [0.3, 0.4) is 0 Å². The van der Waals surface area contributed by atoms with Crippen LogP contribution < -0.4 is 10.9 Å². The molecule has 0 radical (unpaired) electrons. The van der Waals surface area contributed by atoms with Gasteiger partial charge in [0.2, 0.25) is 5.91 Å². The van der Waals surface area contributed by atoms with Gasteiger partial charge in [-0.3, -0.25) is 9.59 Å². The van der Waals surface area contributed by atoms with Gasteiger partial charge >= 0.3 is 5.97 Å². The summed E-state index contributed by atoms with van der Waals surface area (Å²) >= 11 is 0. The highest BCUT2D eigenvalue weighted by atomic mass is 16.5. The van der Waals surface area contributed by atoms with Crippen LogP contribution in [0.4, 0.5) is 5.69 Å². The Labute approximate surface area is 202 Å². The molecule has 1 atom stereocenters. The number of benzene rings is 2. The Hall–Kier alpha value is -4.27. The molecule has 0 unspecified atom stereocenters. The van der Waals surface area contributed by atoms with Crippen molar-refractivity contribution in [2.45, 2.75) is 40.2 Å². The number of ether oxygens (including phenoxy) is 1. The Balaban J connectivity index is 1.71. The fourth-order valence-electron chi connectivity index (χ4n) is 4.05. The van der Waals surface area contributed by atoms with E-state index in [9.17, 15) is 14.4 Å². The van der Waals surface area contributed by atoms with E-state index in [0.29, 0.717) is 40.0 Å². The van der Waals surface area contributed by atoms with Gasteiger partial charge in [-0.25, -0.2) is 14.2 Å². The summed E-state index contributed by atoms with van der Waals surface area (Å²) < 4.78 is 7.97. The molecular weight excluding hydrogens is 446 g/mol. The van der Waals surface area contributed by atoms with E-state index < -0.39 is 17.9 Å². The largest absolute Gasteiger partial charge is 0.462 e. The van der Waals surface area contributed by atoms with Crippen molar-refractivity contribution >= 4 is 28.5 Å². The molecule has 4 aromatic rings. The quantitative estimate of drug-likeness (QED) is 0.407. The summed E-state index contributed by atoms with van der Waals surface area (Å²) in [7, 11) is 0. The van der Waals surface area contributed by atoms with Crippen LogP contribution >= 0.6 is 0 Å². The Morgan fingerprint density at radius 3 is 2.46 bits per heavy atom. The lowest BCUT2D eigenvalue weighted by Gasteiger charge is -2.17. The summed E-state index contributed by atoms with van der Waals surface area (Å²) in [6, 6.07) is 15.2. The fraction of sp³-hybridized carbons (Fsp3) is 0.269. The summed E-state index contributed by atoms with van der Waals surface area (Å²) in [5.74, 6) is -0.879. The maximum Gasteiger partial charge on any atom is 0.338 e. The molecule has 0 saturated carbocycles. The molecule has 2 aromatic heterocycles. The zero-order chi connectivity index (χ0) is 25.1. The van der Waals surface area contributed by atoms with Gasteiger partial charge in [0.05, 0.1) is 34.6 Å². The topological polar surface area (TPSA) is 108 Å². The average molecular weight is 474 g/mol. The average Bonchev–Trinajstić information content (AvgIpc) is 3.21. The van der Waals surface area contributed by atoms with Crippen LogP contribution in [-0.2, 0) is 9.53 Å². The Bertz CT molecular complexity index is 1460. The molecule has 0 saturated heterocycles. The third-order valence-corrected chi connectivity index (χ3v) is 5.77. The number of fused-ring (bicyclic) bond motifs is 1. The lowest BCUT2D eigenvalue weighted by atomic mass is 10.1. The molecule has 0 aliphatic carbocycles. The third kappa shape index (κ3) is 4.57. The van der Waals surface area contributed by atoms with E-state index in [-0.39, 0.29) is 12.2 Å². The fourth-order valence-corrected chi connectivity index (χ4v) is 4.05. The highest BCUT2D eigenvalue weighted by Gasteiger charge is 2.25. The summed E-state index contributed by atoms with van der Waals surface area (Å²) in [6.45, 7) is 7.39. The maximum atomic E-state index is 13.5. The molecule has 4 rings (SSSR count). The molecule has 0 spiro atoms. The number of para-hydroxylation sites is 1. The molecule has 9 nitrogen and oxygen atoms in total. The van der Waals surface area contributed by atoms with Gasteiger partial charge in [0.15, 0.2) is 0 Å². The molecule has 180 valence electrons. The monoisotopic (exact) mass is 473 g/mol. The molecule has 0 fully saturated rings. The van der Waals surface area contributed by atoms with Crippen LogP contribution in [0.25, 0.3) is 16.6 Å².